The lowest BCUT2D eigenvalue weighted by atomic mass is 10.1. The van der Waals surface area contributed by atoms with Gasteiger partial charge in [0, 0.05) is 35.8 Å². The molecule has 0 saturated carbocycles. The molecule has 5 aromatic rings. The van der Waals surface area contributed by atoms with Crippen molar-refractivity contribution >= 4 is 28.4 Å². The van der Waals surface area contributed by atoms with Gasteiger partial charge < -0.3 is 10.3 Å². The smallest absolute Gasteiger partial charge is 0.278 e. The van der Waals surface area contributed by atoms with Gasteiger partial charge in [-0.3, -0.25) is 14.1 Å². The number of aromatic amines is 1. The highest BCUT2D eigenvalue weighted by Crippen LogP contribution is 2.29. The molecule has 1 fully saturated rings. The number of H-pyrrole nitrogens is 1. The van der Waals surface area contributed by atoms with Crippen LogP contribution in [-0.2, 0) is 6.54 Å². The van der Waals surface area contributed by atoms with Gasteiger partial charge in [-0.15, -0.1) is 6.58 Å². The second-order valence-corrected chi connectivity index (χ2v) is 10.5. The number of likely N-dealkylation sites (tertiary alicyclic amines) is 1. The molecule has 2 N–H and O–H groups in total. The molecule has 9 nitrogen and oxygen atoms in total. The summed E-state index contributed by atoms with van der Waals surface area (Å²) in [5.74, 6) is 0.388. The minimum absolute atomic E-state index is 0.184. The van der Waals surface area contributed by atoms with Gasteiger partial charge in [0.1, 0.15) is 11.1 Å². The monoisotopic (exact) mass is 534 g/mol. The van der Waals surface area contributed by atoms with E-state index in [1.165, 1.54) is 24.9 Å². The number of piperidine rings is 1. The first kappa shape index (κ1) is 25.5. The molecule has 202 valence electrons. The van der Waals surface area contributed by atoms with Gasteiger partial charge >= 0.3 is 0 Å². The molecule has 0 atom stereocenters. The molecule has 3 aromatic heterocycles. The Kier molecular flexibility index (Phi) is 6.65. The molecular weight excluding hydrogens is 502 g/mol. The number of pyridine rings is 1. The van der Waals surface area contributed by atoms with Crippen molar-refractivity contribution in [3.8, 4) is 16.8 Å². The number of quaternary nitrogens is 1. The summed E-state index contributed by atoms with van der Waals surface area (Å²) in [7, 11) is 2.30. The van der Waals surface area contributed by atoms with E-state index in [1.54, 1.807) is 40.0 Å². The van der Waals surface area contributed by atoms with E-state index >= 15 is 0 Å². The van der Waals surface area contributed by atoms with Crippen LogP contribution in [0.5, 0.6) is 0 Å². The van der Waals surface area contributed by atoms with Crippen molar-refractivity contribution in [1.82, 2.24) is 28.8 Å². The molecule has 0 radical (unpaired) electrons. The molecule has 0 spiro atoms. The highest BCUT2D eigenvalue weighted by Gasteiger charge is 2.27. The van der Waals surface area contributed by atoms with E-state index in [4.69, 9.17) is 4.98 Å². The second kappa shape index (κ2) is 10.4. The number of benzene rings is 2. The molecule has 1 saturated heterocycles. The topological polar surface area (TPSA) is 97.6 Å². The van der Waals surface area contributed by atoms with Crippen LogP contribution < -0.4 is 20.9 Å². The van der Waals surface area contributed by atoms with E-state index in [9.17, 15) is 9.59 Å². The SMILES string of the molecule is C=CCn1c(=O)c2cnc(Nc3ccc([N+]4(C)CCCCC4)cc3)nc2n1-c1cccc(-c2ccc[nH]c2=O)c1. The first-order chi connectivity index (χ1) is 19.5. The molecule has 4 heterocycles. The number of rotatable bonds is 7. The molecule has 2 aromatic carbocycles. The van der Waals surface area contributed by atoms with E-state index in [1.807, 2.05) is 24.3 Å². The Hall–Kier alpha value is -4.76. The Balaban J connectivity index is 1.39. The number of nitrogens with zero attached hydrogens (tertiary/aromatic N) is 5. The van der Waals surface area contributed by atoms with Crippen molar-refractivity contribution in [2.45, 2.75) is 25.8 Å². The van der Waals surface area contributed by atoms with Gasteiger partial charge in [-0.2, -0.15) is 4.98 Å². The number of allylic oxidation sites excluding steroid dienone is 1. The maximum atomic E-state index is 13.3. The third kappa shape index (κ3) is 4.65. The number of anilines is 2. The Morgan fingerprint density at radius 3 is 2.60 bits per heavy atom. The van der Waals surface area contributed by atoms with Gasteiger partial charge in [-0.05, 0) is 61.2 Å². The highest BCUT2D eigenvalue weighted by molar-refractivity contribution is 5.78. The van der Waals surface area contributed by atoms with Crippen molar-refractivity contribution in [2.75, 3.05) is 25.5 Å². The van der Waals surface area contributed by atoms with Gasteiger partial charge in [0.05, 0.1) is 32.4 Å². The van der Waals surface area contributed by atoms with Gasteiger partial charge in [0.2, 0.25) is 5.95 Å². The van der Waals surface area contributed by atoms with Crippen molar-refractivity contribution in [3.05, 3.63) is 106 Å². The summed E-state index contributed by atoms with van der Waals surface area (Å²) in [4.78, 5) is 37.7. The molecule has 1 aliphatic heterocycles. The zero-order valence-electron chi connectivity index (χ0n) is 22.5. The predicted molar refractivity (Wildman–Crippen MR) is 160 cm³/mol. The van der Waals surface area contributed by atoms with E-state index in [0.717, 1.165) is 28.8 Å². The second-order valence-electron chi connectivity index (χ2n) is 10.5. The minimum atomic E-state index is -0.216. The van der Waals surface area contributed by atoms with Crippen LogP contribution in [0.25, 0.3) is 27.8 Å². The molecule has 0 unspecified atom stereocenters. The van der Waals surface area contributed by atoms with Gasteiger partial charge in [0.15, 0.2) is 5.65 Å². The van der Waals surface area contributed by atoms with Gasteiger partial charge in [-0.1, -0.05) is 18.2 Å². The first-order valence-corrected chi connectivity index (χ1v) is 13.6. The van der Waals surface area contributed by atoms with E-state index in [-0.39, 0.29) is 17.7 Å². The zero-order valence-corrected chi connectivity index (χ0v) is 22.5. The fraction of sp³-hybridized carbons (Fsp3) is 0.226. The van der Waals surface area contributed by atoms with Crippen LogP contribution in [0, 0.1) is 0 Å². The van der Waals surface area contributed by atoms with E-state index in [0.29, 0.717) is 28.2 Å². The summed E-state index contributed by atoms with van der Waals surface area (Å²) >= 11 is 0. The number of hydrogen-bond acceptors (Lipinski definition) is 5. The summed E-state index contributed by atoms with van der Waals surface area (Å²) in [5, 5.41) is 3.70. The van der Waals surface area contributed by atoms with Crippen molar-refractivity contribution < 1.29 is 0 Å². The molecule has 0 bridgehead atoms. The number of fused-ring (bicyclic) bond motifs is 1. The molecule has 0 aliphatic carbocycles. The first-order valence-electron chi connectivity index (χ1n) is 13.6. The summed E-state index contributed by atoms with van der Waals surface area (Å²) < 4.78 is 4.29. The predicted octanol–water partition coefficient (Wildman–Crippen LogP) is 4.99. The average molecular weight is 535 g/mol. The molecule has 0 amide bonds. The Morgan fingerprint density at radius 2 is 1.85 bits per heavy atom. The van der Waals surface area contributed by atoms with Gasteiger partial charge in [0.25, 0.3) is 11.1 Å². The van der Waals surface area contributed by atoms with Crippen LogP contribution in [-0.4, -0.2) is 44.5 Å². The van der Waals surface area contributed by atoms with Crippen molar-refractivity contribution in [3.63, 3.8) is 0 Å². The number of hydrogen-bond donors (Lipinski definition) is 2. The Labute approximate surface area is 231 Å². The average Bonchev–Trinajstić information content (AvgIpc) is 3.24. The lowest BCUT2D eigenvalue weighted by Crippen LogP contribution is -2.48. The van der Waals surface area contributed by atoms with Crippen LogP contribution in [0.15, 0.2) is 95.3 Å². The van der Waals surface area contributed by atoms with Crippen LogP contribution in [0.1, 0.15) is 19.3 Å². The quantitative estimate of drug-likeness (QED) is 0.227. The zero-order chi connectivity index (χ0) is 27.7. The maximum Gasteiger partial charge on any atom is 0.278 e. The normalized spacial score (nSPS) is 14.7. The summed E-state index contributed by atoms with van der Waals surface area (Å²) in [6, 6.07) is 19.5. The Morgan fingerprint density at radius 1 is 1.05 bits per heavy atom. The third-order valence-electron chi connectivity index (χ3n) is 7.75. The molecule has 6 rings (SSSR count). The van der Waals surface area contributed by atoms with Crippen molar-refractivity contribution in [2.24, 2.45) is 0 Å². The van der Waals surface area contributed by atoms with E-state index in [2.05, 4.69) is 53.2 Å². The maximum absolute atomic E-state index is 13.3. The fourth-order valence-corrected chi connectivity index (χ4v) is 5.59. The largest absolute Gasteiger partial charge is 0.329 e. The highest BCUT2D eigenvalue weighted by atomic mass is 16.1. The number of aromatic nitrogens is 5. The lowest BCUT2D eigenvalue weighted by Gasteiger charge is -2.37. The molecule has 40 heavy (non-hydrogen) atoms. The number of nitrogens with one attached hydrogen (secondary N) is 2. The van der Waals surface area contributed by atoms with Crippen LogP contribution >= 0.6 is 0 Å². The van der Waals surface area contributed by atoms with Crippen LogP contribution in [0.2, 0.25) is 0 Å². The summed E-state index contributed by atoms with van der Waals surface area (Å²) in [5.41, 5.74) is 4.21. The standard InChI is InChI=1S/C31H31N7O2/c1-3-17-36-30(40)27-21-33-31(34-23-12-14-25(15-13-23)38(2)18-5-4-6-19-38)35-28(27)37(36)24-10-7-9-22(20-24)26-11-8-16-32-29(26)39/h3,7-16,20-21H,1,4-6,17-19H2,2H3,(H-,32,33,34,35,39,40)/p+1. The van der Waals surface area contributed by atoms with Crippen LogP contribution in [0.3, 0.4) is 0 Å². The fourth-order valence-electron chi connectivity index (χ4n) is 5.59. The summed E-state index contributed by atoms with van der Waals surface area (Å²) in [6.07, 6.45) is 8.64. The minimum Gasteiger partial charge on any atom is -0.329 e. The van der Waals surface area contributed by atoms with E-state index < -0.39 is 0 Å². The molecule has 9 heteroatoms. The molecular formula is C31H32N7O2+. The van der Waals surface area contributed by atoms with Crippen molar-refractivity contribution in [1.29, 1.82) is 0 Å². The summed E-state index contributed by atoms with van der Waals surface area (Å²) in [6.45, 7) is 6.43. The third-order valence-corrected chi connectivity index (χ3v) is 7.75. The lowest BCUT2D eigenvalue weighted by molar-refractivity contribution is 0.275. The molecule has 1 aliphatic rings. The van der Waals surface area contributed by atoms with Gasteiger partial charge in [-0.25, -0.2) is 14.3 Å². The van der Waals surface area contributed by atoms with Crippen LogP contribution in [0.4, 0.5) is 17.3 Å². The Bertz CT molecular complexity index is 1810.